The number of aryl methyl sites for hydroxylation is 1. The molecule has 0 fully saturated rings. The third kappa shape index (κ3) is 3.16. The fourth-order valence-corrected chi connectivity index (χ4v) is 3.52. The monoisotopic (exact) mass is 372 g/mol. The molecule has 0 unspecified atom stereocenters. The van der Waals surface area contributed by atoms with Crippen LogP contribution in [0.25, 0.3) is 28.7 Å². The van der Waals surface area contributed by atoms with Crippen molar-refractivity contribution in [2.24, 2.45) is 0 Å². The number of nitrogens with one attached hydrogen (secondary N) is 1. The number of nitrogens with zero attached hydrogens (tertiary/aromatic N) is 5. The molecular weight excluding hydrogens is 354 g/mol. The van der Waals surface area contributed by atoms with Crippen LogP contribution in [-0.4, -0.2) is 26.3 Å². The van der Waals surface area contributed by atoms with E-state index in [1.165, 1.54) is 16.8 Å². The largest absolute Gasteiger partial charge is 0.283 e. The molecule has 8 heteroatoms. The first-order valence-electron chi connectivity index (χ1n) is 9.13. The Balaban J connectivity index is 1.95. The third-order valence-electron chi connectivity index (χ3n) is 4.89. The highest BCUT2D eigenvalue weighted by molar-refractivity contribution is 6.66. The summed E-state index contributed by atoms with van der Waals surface area (Å²) in [6, 6.07) is 9.71. The number of rotatable bonds is 3. The molecule has 28 heavy (non-hydrogen) atoms. The highest BCUT2D eigenvalue weighted by atomic mass is 19.1. The van der Waals surface area contributed by atoms with Crippen LogP contribution in [0.2, 0.25) is 6.32 Å². The van der Waals surface area contributed by atoms with Crippen molar-refractivity contribution in [3.63, 3.8) is 0 Å². The SMILES string of the molecule is C/C=C/n1nc(-c2c(-c3ccc(F)cc3)nn3c2CB(C#N)CC3)ccc1=N. The van der Waals surface area contributed by atoms with E-state index in [1.807, 2.05) is 17.7 Å². The maximum absolute atomic E-state index is 13.4. The van der Waals surface area contributed by atoms with Gasteiger partial charge < -0.3 is 0 Å². The normalized spacial score (nSPS) is 13.5. The average Bonchev–Trinajstić information content (AvgIpc) is 3.09. The van der Waals surface area contributed by atoms with Crippen molar-refractivity contribution in [1.29, 1.82) is 10.7 Å². The van der Waals surface area contributed by atoms with E-state index in [1.54, 1.807) is 30.5 Å². The van der Waals surface area contributed by atoms with E-state index in [-0.39, 0.29) is 18.0 Å². The summed E-state index contributed by atoms with van der Waals surface area (Å²) in [6.45, 7) is 2.46. The lowest BCUT2D eigenvalue weighted by Gasteiger charge is -2.16. The molecule has 0 saturated carbocycles. The van der Waals surface area contributed by atoms with Crippen LogP contribution in [0.5, 0.6) is 0 Å². The van der Waals surface area contributed by atoms with Crippen LogP contribution in [-0.2, 0) is 12.9 Å². The van der Waals surface area contributed by atoms with Gasteiger partial charge in [0.1, 0.15) is 17.0 Å². The van der Waals surface area contributed by atoms with Crippen LogP contribution in [0, 0.1) is 22.5 Å². The molecule has 138 valence electrons. The maximum Gasteiger partial charge on any atom is 0.275 e. The van der Waals surface area contributed by atoms with Crippen molar-refractivity contribution in [3.05, 3.63) is 59.5 Å². The number of nitriles is 1. The van der Waals surface area contributed by atoms with Gasteiger partial charge in [0.05, 0.1) is 11.3 Å². The molecule has 3 heterocycles. The van der Waals surface area contributed by atoms with Gasteiger partial charge in [0.15, 0.2) is 0 Å². The maximum atomic E-state index is 13.4. The Morgan fingerprint density at radius 1 is 1.21 bits per heavy atom. The molecule has 0 amide bonds. The zero-order valence-corrected chi connectivity index (χ0v) is 15.4. The second-order valence-corrected chi connectivity index (χ2v) is 6.75. The lowest BCUT2D eigenvalue weighted by molar-refractivity contribution is 0.616. The Hall–Kier alpha value is -3.47. The van der Waals surface area contributed by atoms with E-state index in [9.17, 15) is 9.65 Å². The first-order valence-corrected chi connectivity index (χ1v) is 9.13. The summed E-state index contributed by atoms with van der Waals surface area (Å²) in [5.74, 6) is 2.06. The van der Waals surface area contributed by atoms with Crippen LogP contribution in [0.4, 0.5) is 4.39 Å². The fourth-order valence-electron chi connectivity index (χ4n) is 3.52. The zero-order valence-electron chi connectivity index (χ0n) is 15.4. The minimum atomic E-state index is -0.304. The molecule has 6 nitrogen and oxygen atoms in total. The predicted molar refractivity (Wildman–Crippen MR) is 106 cm³/mol. The van der Waals surface area contributed by atoms with E-state index in [4.69, 9.17) is 10.5 Å². The van der Waals surface area contributed by atoms with Gasteiger partial charge in [-0.1, -0.05) is 6.08 Å². The Labute approximate surface area is 162 Å². The second kappa shape index (κ2) is 7.27. The Kier molecular flexibility index (Phi) is 4.66. The van der Waals surface area contributed by atoms with Crippen molar-refractivity contribution >= 4 is 12.9 Å². The molecule has 0 bridgehead atoms. The van der Waals surface area contributed by atoms with Crippen LogP contribution < -0.4 is 5.49 Å². The van der Waals surface area contributed by atoms with Gasteiger partial charge in [-0.3, -0.25) is 10.1 Å². The molecule has 0 saturated heterocycles. The van der Waals surface area contributed by atoms with Gasteiger partial charge in [0.2, 0.25) is 0 Å². The Bertz CT molecular complexity index is 1150. The van der Waals surface area contributed by atoms with Crippen molar-refractivity contribution in [1.82, 2.24) is 19.6 Å². The van der Waals surface area contributed by atoms with Gasteiger partial charge >= 0.3 is 0 Å². The van der Waals surface area contributed by atoms with E-state index < -0.39 is 0 Å². The number of hydrogen-bond donors (Lipinski definition) is 1. The lowest BCUT2D eigenvalue weighted by Crippen LogP contribution is -2.26. The Morgan fingerprint density at radius 2 is 2.00 bits per heavy atom. The predicted octanol–water partition coefficient (Wildman–Crippen LogP) is 3.18. The fraction of sp³-hybridized carbons (Fsp3) is 0.200. The number of allylic oxidation sites excluding steroid dienone is 1. The summed E-state index contributed by atoms with van der Waals surface area (Å²) in [7, 11) is 0. The van der Waals surface area contributed by atoms with Gasteiger partial charge in [-0.15, -0.1) is 0 Å². The van der Waals surface area contributed by atoms with Crippen LogP contribution in [0.15, 0.2) is 42.5 Å². The molecule has 4 rings (SSSR count). The molecule has 1 aromatic carbocycles. The minimum absolute atomic E-state index is 0.0675. The summed E-state index contributed by atoms with van der Waals surface area (Å²) < 4.78 is 16.9. The van der Waals surface area contributed by atoms with Gasteiger partial charge in [-0.2, -0.15) is 10.2 Å². The number of benzene rings is 1. The summed E-state index contributed by atoms with van der Waals surface area (Å²) >= 11 is 0. The molecule has 0 radical (unpaired) electrons. The van der Waals surface area contributed by atoms with Crippen molar-refractivity contribution < 1.29 is 4.39 Å². The van der Waals surface area contributed by atoms with Gasteiger partial charge in [-0.25, -0.2) is 14.3 Å². The molecule has 1 N–H and O–H groups in total. The second-order valence-electron chi connectivity index (χ2n) is 6.75. The van der Waals surface area contributed by atoms with Crippen LogP contribution in [0.1, 0.15) is 12.6 Å². The van der Waals surface area contributed by atoms with E-state index in [0.717, 1.165) is 23.1 Å². The van der Waals surface area contributed by atoms with E-state index in [0.29, 0.717) is 24.3 Å². The third-order valence-corrected chi connectivity index (χ3v) is 4.89. The summed E-state index contributed by atoms with van der Waals surface area (Å²) in [5, 5.41) is 26.8. The first-order chi connectivity index (χ1) is 13.6. The summed E-state index contributed by atoms with van der Waals surface area (Å²) in [6.07, 6.45) is 4.88. The van der Waals surface area contributed by atoms with Gasteiger partial charge in [0, 0.05) is 30.0 Å². The van der Waals surface area contributed by atoms with Crippen LogP contribution >= 0.6 is 0 Å². The molecule has 2 aromatic heterocycles. The highest BCUT2D eigenvalue weighted by Gasteiger charge is 2.29. The molecule has 1 aliphatic heterocycles. The number of fused-ring (bicyclic) bond motifs is 1. The van der Waals surface area contributed by atoms with Crippen LogP contribution in [0.3, 0.4) is 0 Å². The summed E-state index contributed by atoms with van der Waals surface area (Å²) in [5.41, 5.74) is 4.24. The zero-order chi connectivity index (χ0) is 19.7. The number of aromatic nitrogens is 4. The van der Waals surface area contributed by atoms with E-state index >= 15 is 0 Å². The van der Waals surface area contributed by atoms with E-state index in [2.05, 4.69) is 11.1 Å². The average molecular weight is 372 g/mol. The topological polar surface area (TPSA) is 83.3 Å². The Morgan fingerprint density at radius 3 is 2.71 bits per heavy atom. The minimum Gasteiger partial charge on any atom is -0.283 e. The molecule has 0 atom stereocenters. The number of hydrogen-bond acceptors (Lipinski definition) is 4. The first kappa shape index (κ1) is 17.9. The van der Waals surface area contributed by atoms with Crippen molar-refractivity contribution in [3.8, 4) is 28.5 Å². The molecule has 0 spiro atoms. The molecule has 1 aliphatic rings. The molecule has 0 aliphatic carbocycles. The van der Waals surface area contributed by atoms with Crippen molar-refractivity contribution in [2.75, 3.05) is 0 Å². The highest BCUT2D eigenvalue weighted by Crippen LogP contribution is 2.35. The van der Waals surface area contributed by atoms with Crippen molar-refractivity contribution in [2.45, 2.75) is 26.1 Å². The lowest BCUT2D eigenvalue weighted by atomic mass is 9.44. The van der Waals surface area contributed by atoms with Gasteiger partial charge in [-0.05, 0) is 56.0 Å². The summed E-state index contributed by atoms with van der Waals surface area (Å²) in [4.78, 5) is 0. The van der Waals surface area contributed by atoms with Gasteiger partial charge in [0.25, 0.3) is 6.71 Å². The molecule has 3 aromatic rings. The smallest absolute Gasteiger partial charge is 0.275 e. The quantitative estimate of drug-likeness (QED) is 0.717. The molecular formula is C20H18BFN6. The standard InChI is InChI=1S/C20H18BFN6/c1-2-10-28-18(24)8-7-16(25-28)19-17-12-21(13-23)9-11-27(17)26-20(19)14-3-5-15(22)6-4-14/h2-8,10,24H,9,11-12H2,1H3/b10-2+,24-18?. The number of halogens is 1.